The Morgan fingerprint density at radius 2 is 2.21 bits per heavy atom. The van der Waals surface area contributed by atoms with E-state index in [-0.39, 0.29) is 11.2 Å². The molecule has 5 rings (SSSR count). The molecule has 0 bridgehead atoms. The highest BCUT2D eigenvalue weighted by Crippen LogP contribution is 2.49. The van der Waals surface area contributed by atoms with E-state index in [4.69, 9.17) is 4.74 Å². The molecule has 0 saturated carbocycles. The van der Waals surface area contributed by atoms with Gasteiger partial charge < -0.3 is 9.72 Å². The second kappa shape index (κ2) is 7.03. The molecule has 1 fully saturated rings. The number of nitrogens with one attached hydrogen (secondary N) is 1. The molecule has 2 aromatic carbocycles. The number of nitrogens with zero attached hydrogens (tertiary/aromatic N) is 1. The molecule has 3 aromatic rings. The molecule has 4 heteroatoms. The molecule has 150 valence electrons. The summed E-state index contributed by atoms with van der Waals surface area (Å²) in [6.45, 7) is 6.97. The van der Waals surface area contributed by atoms with Crippen LogP contribution in [0.3, 0.4) is 0 Å². The molecule has 2 heterocycles. The van der Waals surface area contributed by atoms with Crippen LogP contribution in [0.2, 0.25) is 0 Å². The molecule has 2 aliphatic rings. The monoisotopic (exact) mass is 390 g/mol. The van der Waals surface area contributed by atoms with Crippen molar-refractivity contribution < 1.29 is 9.13 Å². The van der Waals surface area contributed by atoms with E-state index >= 15 is 0 Å². The molecule has 3 nitrogen and oxygen atoms in total. The number of rotatable bonds is 4. The van der Waals surface area contributed by atoms with Crippen molar-refractivity contribution in [1.29, 1.82) is 0 Å². The standard InChI is InChI=1S/C25H27FN2O/c1-3-10-28-11-9-25(17-5-4-6-20(12-17)29-2)15-24-22(13-18(25)16-28)21-8-7-19(26)14-23(21)27-24/h3-8,12,14,18,27H,1,9-11,13,15-16H2,2H3. The Morgan fingerprint density at radius 1 is 1.31 bits per heavy atom. The Kier molecular flexibility index (Phi) is 4.47. The van der Waals surface area contributed by atoms with Crippen LogP contribution in [0.25, 0.3) is 10.9 Å². The third kappa shape index (κ3) is 2.98. The number of ether oxygens (including phenoxy) is 1. The lowest BCUT2D eigenvalue weighted by Crippen LogP contribution is -2.53. The topological polar surface area (TPSA) is 28.3 Å². The lowest BCUT2D eigenvalue weighted by Gasteiger charge is -2.51. The van der Waals surface area contributed by atoms with Crippen LogP contribution in [0.4, 0.5) is 4.39 Å². The van der Waals surface area contributed by atoms with Crippen LogP contribution in [0.5, 0.6) is 5.75 Å². The van der Waals surface area contributed by atoms with Gasteiger partial charge in [0.15, 0.2) is 0 Å². The van der Waals surface area contributed by atoms with Crippen molar-refractivity contribution in [3.63, 3.8) is 0 Å². The number of hydrogen-bond acceptors (Lipinski definition) is 2. The van der Waals surface area contributed by atoms with Crippen molar-refractivity contribution >= 4 is 10.9 Å². The molecular formula is C25H27FN2O. The zero-order chi connectivity index (χ0) is 20.0. The molecule has 1 aliphatic heterocycles. The largest absolute Gasteiger partial charge is 0.497 e. The summed E-state index contributed by atoms with van der Waals surface area (Å²) in [4.78, 5) is 6.06. The number of aromatic amines is 1. The predicted octanol–water partition coefficient (Wildman–Crippen LogP) is 4.86. The Labute approximate surface area is 171 Å². The van der Waals surface area contributed by atoms with Crippen molar-refractivity contribution in [3.05, 3.63) is 77.8 Å². The molecule has 0 spiro atoms. The van der Waals surface area contributed by atoms with E-state index in [2.05, 4.69) is 34.7 Å². The van der Waals surface area contributed by atoms with Gasteiger partial charge in [-0.3, -0.25) is 4.90 Å². The third-order valence-electron chi connectivity index (χ3n) is 7.07. The minimum absolute atomic E-state index is 0.0681. The highest BCUT2D eigenvalue weighted by molar-refractivity contribution is 5.85. The minimum atomic E-state index is -0.187. The fourth-order valence-electron chi connectivity index (χ4n) is 5.62. The first kappa shape index (κ1) is 18.4. The Morgan fingerprint density at radius 3 is 3.03 bits per heavy atom. The number of halogens is 1. The van der Waals surface area contributed by atoms with Gasteiger partial charge in [0.2, 0.25) is 0 Å². The van der Waals surface area contributed by atoms with E-state index < -0.39 is 0 Å². The van der Waals surface area contributed by atoms with Gasteiger partial charge in [0.05, 0.1) is 7.11 Å². The van der Waals surface area contributed by atoms with E-state index in [1.807, 2.05) is 18.2 Å². The summed E-state index contributed by atoms with van der Waals surface area (Å²) >= 11 is 0. The lowest BCUT2D eigenvalue weighted by molar-refractivity contribution is 0.0896. The van der Waals surface area contributed by atoms with Crippen molar-refractivity contribution in [1.82, 2.24) is 9.88 Å². The predicted molar refractivity (Wildman–Crippen MR) is 115 cm³/mol. The summed E-state index contributed by atoms with van der Waals surface area (Å²) in [5.74, 6) is 1.22. The van der Waals surface area contributed by atoms with Crippen molar-refractivity contribution in [2.45, 2.75) is 24.7 Å². The second-order valence-corrected chi connectivity index (χ2v) is 8.54. The third-order valence-corrected chi connectivity index (χ3v) is 7.07. The highest BCUT2D eigenvalue weighted by Gasteiger charge is 2.48. The molecule has 0 amide bonds. The number of H-pyrrole nitrogens is 1. The quantitative estimate of drug-likeness (QED) is 0.645. The fraction of sp³-hybridized carbons (Fsp3) is 0.360. The Balaban J connectivity index is 1.63. The van der Waals surface area contributed by atoms with E-state index in [0.29, 0.717) is 5.92 Å². The fourth-order valence-corrected chi connectivity index (χ4v) is 5.62. The van der Waals surface area contributed by atoms with Crippen LogP contribution in [-0.2, 0) is 18.3 Å². The van der Waals surface area contributed by atoms with E-state index in [9.17, 15) is 4.39 Å². The summed E-state index contributed by atoms with van der Waals surface area (Å²) in [7, 11) is 1.73. The first-order valence-corrected chi connectivity index (χ1v) is 10.4. The average Bonchev–Trinajstić information content (AvgIpc) is 3.08. The molecule has 1 aromatic heterocycles. The zero-order valence-corrected chi connectivity index (χ0v) is 16.9. The number of methoxy groups -OCH3 is 1. The van der Waals surface area contributed by atoms with Crippen molar-refractivity contribution in [2.24, 2.45) is 5.92 Å². The van der Waals surface area contributed by atoms with Crippen LogP contribution >= 0.6 is 0 Å². The summed E-state index contributed by atoms with van der Waals surface area (Å²) in [6, 6.07) is 13.7. The molecule has 1 aliphatic carbocycles. The van der Waals surface area contributed by atoms with Gasteiger partial charge in [-0.1, -0.05) is 18.2 Å². The molecule has 29 heavy (non-hydrogen) atoms. The second-order valence-electron chi connectivity index (χ2n) is 8.54. The van der Waals surface area contributed by atoms with Crippen LogP contribution in [0.1, 0.15) is 23.2 Å². The molecule has 1 saturated heterocycles. The van der Waals surface area contributed by atoms with Crippen LogP contribution in [0.15, 0.2) is 55.1 Å². The maximum absolute atomic E-state index is 13.8. The van der Waals surface area contributed by atoms with Gasteiger partial charge in [0.1, 0.15) is 11.6 Å². The van der Waals surface area contributed by atoms with Crippen LogP contribution < -0.4 is 4.74 Å². The number of benzene rings is 2. The van der Waals surface area contributed by atoms with Gasteiger partial charge in [-0.15, -0.1) is 6.58 Å². The molecule has 2 unspecified atom stereocenters. The Hall–Kier alpha value is -2.59. The average molecular weight is 391 g/mol. The molecule has 1 N–H and O–H groups in total. The lowest BCUT2D eigenvalue weighted by atomic mass is 9.58. The van der Waals surface area contributed by atoms with Crippen molar-refractivity contribution in [3.8, 4) is 5.75 Å². The number of hydrogen-bond donors (Lipinski definition) is 1. The summed E-state index contributed by atoms with van der Waals surface area (Å²) in [6.07, 6.45) is 5.06. The summed E-state index contributed by atoms with van der Waals surface area (Å²) < 4.78 is 19.3. The minimum Gasteiger partial charge on any atom is -0.497 e. The molecular weight excluding hydrogens is 363 g/mol. The van der Waals surface area contributed by atoms with Gasteiger partial charge in [0, 0.05) is 35.1 Å². The van der Waals surface area contributed by atoms with Crippen LogP contribution in [0, 0.1) is 11.7 Å². The first-order chi connectivity index (χ1) is 14.1. The maximum atomic E-state index is 13.8. The number of piperidine rings is 1. The van der Waals surface area contributed by atoms with E-state index in [1.54, 1.807) is 19.2 Å². The smallest absolute Gasteiger partial charge is 0.125 e. The summed E-state index contributed by atoms with van der Waals surface area (Å²) in [5, 5.41) is 1.17. The van der Waals surface area contributed by atoms with Gasteiger partial charge >= 0.3 is 0 Å². The number of likely N-dealkylation sites (tertiary alicyclic amines) is 1. The van der Waals surface area contributed by atoms with Crippen LogP contribution in [-0.4, -0.2) is 36.6 Å². The van der Waals surface area contributed by atoms with Crippen molar-refractivity contribution in [2.75, 3.05) is 26.7 Å². The van der Waals surface area contributed by atoms with E-state index in [0.717, 1.165) is 50.2 Å². The van der Waals surface area contributed by atoms with Gasteiger partial charge in [0.25, 0.3) is 0 Å². The Bertz CT molecular complexity index is 1070. The van der Waals surface area contributed by atoms with Gasteiger partial charge in [-0.05, 0) is 73.2 Å². The van der Waals surface area contributed by atoms with Gasteiger partial charge in [-0.25, -0.2) is 4.39 Å². The maximum Gasteiger partial charge on any atom is 0.125 e. The molecule has 0 radical (unpaired) electrons. The zero-order valence-electron chi connectivity index (χ0n) is 16.9. The van der Waals surface area contributed by atoms with Gasteiger partial charge in [-0.2, -0.15) is 0 Å². The first-order valence-electron chi connectivity index (χ1n) is 10.4. The molecule has 2 atom stereocenters. The normalized spacial score (nSPS) is 24.1. The number of aromatic nitrogens is 1. The number of fused-ring (bicyclic) bond motifs is 4. The highest BCUT2D eigenvalue weighted by atomic mass is 19.1. The SMILES string of the molecule is C=CCN1CCC2(c3cccc(OC)c3)Cc3[nH]c4cc(F)ccc4c3CC2C1. The van der Waals surface area contributed by atoms with E-state index in [1.165, 1.54) is 22.2 Å². The summed E-state index contributed by atoms with van der Waals surface area (Å²) in [5.41, 5.74) is 4.97.